The Kier molecular flexibility index (Phi) is 18.0. The second kappa shape index (κ2) is 20.8. The summed E-state index contributed by atoms with van der Waals surface area (Å²) in [7, 11) is 6.29. The van der Waals surface area contributed by atoms with E-state index in [1.54, 1.807) is 25.9 Å². The third-order valence-electron chi connectivity index (χ3n) is 10.7. The molecular formula is C39H64FN5O8. The number of benzene rings is 1. The number of methoxy groups -OCH3 is 2. The molecule has 0 aromatic heterocycles. The number of nitrogens with one attached hydrogen (secondary N) is 3. The minimum atomic E-state index is -0.914. The first kappa shape index (κ1) is 45.7. The molecule has 0 spiro atoms. The Morgan fingerprint density at radius 2 is 1.51 bits per heavy atom. The number of hydrogen-bond donors (Lipinski definition) is 4. The Morgan fingerprint density at radius 1 is 0.925 bits per heavy atom. The molecule has 0 bridgehead atoms. The van der Waals surface area contributed by atoms with E-state index in [4.69, 9.17) is 9.47 Å². The lowest BCUT2D eigenvalue weighted by Gasteiger charge is -2.41. The van der Waals surface area contributed by atoms with Crippen LogP contribution in [0.4, 0.5) is 4.39 Å². The fourth-order valence-corrected chi connectivity index (χ4v) is 7.32. The molecule has 1 fully saturated rings. The van der Waals surface area contributed by atoms with Crippen LogP contribution in [0.25, 0.3) is 0 Å². The molecule has 1 aromatic carbocycles. The second-order valence-electron chi connectivity index (χ2n) is 15.1. The van der Waals surface area contributed by atoms with Gasteiger partial charge >= 0.3 is 0 Å². The predicted molar refractivity (Wildman–Crippen MR) is 200 cm³/mol. The van der Waals surface area contributed by atoms with E-state index in [2.05, 4.69) is 16.0 Å². The lowest BCUT2D eigenvalue weighted by Crippen LogP contribution is -2.59. The van der Waals surface area contributed by atoms with Crippen molar-refractivity contribution in [3.8, 4) is 0 Å². The van der Waals surface area contributed by atoms with Gasteiger partial charge in [-0.15, -0.1) is 0 Å². The lowest BCUT2D eigenvalue weighted by atomic mass is 9.89. The highest BCUT2D eigenvalue weighted by molar-refractivity contribution is 6.01. The molecule has 0 saturated carbocycles. The Balaban J connectivity index is 2.29. The van der Waals surface area contributed by atoms with E-state index in [0.717, 1.165) is 0 Å². The van der Waals surface area contributed by atoms with Crippen molar-refractivity contribution < 1.29 is 42.9 Å². The summed E-state index contributed by atoms with van der Waals surface area (Å²) < 4.78 is 25.1. The van der Waals surface area contributed by atoms with E-state index in [1.165, 1.54) is 50.3 Å². The highest BCUT2D eigenvalue weighted by atomic mass is 19.1. The number of aliphatic hydroxyl groups is 1. The molecule has 1 heterocycles. The lowest BCUT2D eigenvalue weighted by molar-refractivity contribution is -0.148. The topological polar surface area (TPSA) is 167 Å². The van der Waals surface area contributed by atoms with Gasteiger partial charge in [-0.25, -0.2) is 4.39 Å². The van der Waals surface area contributed by atoms with Crippen molar-refractivity contribution in [3.63, 3.8) is 0 Å². The number of likely N-dealkylation sites (tertiary alicyclic amines) is 1. The number of likely N-dealkylation sites (N-methyl/N-ethyl adjacent to an activating group) is 2. The van der Waals surface area contributed by atoms with Crippen molar-refractivity contribution in [2.45, 2.75) is 123 Å². The fourth-order valence-electron chi connectivity index (χ4n) is 7.32. The number of ether oxygens (including phenoxy) is 2. The molecule has 1 unspecified atom stereocenters. The van der Waals surface area contributed by atoms with Crippen molar-refractivity contribution in [1.29, 1.82) is 0 Å². The van der Waals surface area contributed by atoms with E-state index in [9.17, 15) is 33.5 Å². The molecule has 10 atom stereocenters. The van der Waals surface area contributed by atoms with E-state index < -0.39 is 71.9 Å². The maximum atomic E-state index is 14.1. The van der Waals surface area contributed by atoms with Gasteiger partial charge in [0.2, 0.25) is 23.6 Å². The van der Waals surface area contributed by atoms with Crippen LogP contribution in [0.3, 0.4) is 0 Å². The molecule has 1 aliphatic heterocycles. The number of amides is 4. The average Bonchev–Trinajstić information content (AvgIpc) is 3.50. The largest absolute Gasteiger partial charge is 0.391 e. The normalized spacial score (nSPS) is 20.6. The molecule has 2 rings (SSSR count). The summed E-state index contributed by atoms with van der Waals surface area (Å²) in [4.78, 5) is 70.9. The molecule has 1 aliphatic rings. The van der Waals surface area contributed by atoms with Crippen LogP contribution in [0.1, 0.15) is 85.0 Å². The summed E-state index contributed by atoms with van der Waals surface area (Å²) in [5.41, 5.74) is 0.250. The van der Waals surface area contributed by atoms with E-state index in [1.807, 2.05) is 41.5 Å². The summed E-state index contributed by atoms with van der Waals surface area (Å²) >= 11 is 0. The smallest absolute Gasteiger partial charge is 0.245 e. The van der Waals surface area contributed by atoms with Gasteiger partial charge in [-0.1, -0.05) is 54.9 Å². The highest BCUT2D eigenvalue weighted by Gasteiger charge is 2.45. The second-order valence-corrected chi connectivity index (χ2v) is 15.1. The van der Waals surface area contributed by atoms with Gasteiger partial charge < -0.3 is 40.3 Å². The third kappa shape index (κ3) is 11.8. The summed E-state index contributed by atoms with van der Waals surface area (Å²) in [6.07, 6.45) is -1.72. The SMILES string of the molecule is CCC(C)[C@@H]([C@H](CC(=O)N1C[C@@H](O)C[C@H]1[C@H](OC)[C@@H](C)C(=O)N[C@@H](C)C(=O)c1ccc(F)cc1)OC)N(C)C(=O)[C@@H](NC(=O)[C@@H](NC)C(C)C)C(C)C. The van der Waals surface area contributed by atoms with Crippen LogP contribution in [0.2, 0.25) is 0 Å². The monoisotopic (exact) mass is 749 g/mol. The van der Waals surface area contributed by atoms with Crippen molar-refractivity contribution in [3.05, 3.63) is 35.6 Å². The average molecular weight is 750 g/mol. The first-order valence-corrected chi connectivity index (χ1v) is 18.7. The van der Waals surface area contributed by atoms with E-state index in [0.29, 0.717) is 6.42 Å². The zero-order valence-electron chi connectivity index (χ0n) is 33.6. The van der Waals surface area contributed by atoms with E-state index >= 15 is 0 Å². The number of aliphatic hydroxyl groups excluding tert-OH is 1. The van der Waals surface area contributed by atoms with Gasteiger partial charge in [-0.05, 0) is 62.4 Å². The van der Waals surface area contributed by atoms with Crippen LogP contribution in [-0.2, 0) is 28.7 Å². The van der Waals surface area contributed by atoms with Crippen LogP contribution in [0.5, 0.6) is 0 Å². The summed E-state index contributed by atoms with van der Waals surface area (Å²) in [5, 5.41) is 19.4. The molecule has 13 nitrogen and oxygen atoms in total. The minimum absolute atomic E-state index is 0.000908. The maximum Gasteiger partial charge on any atom is 0.245 e. The van der Waals surface area contributed by atoms with Gasteiger partial charge in [0.15, 0.2) is 5.78 Å². The first-order chi connectivity index (χ1) is 24.8. The standard InChI is InChI=1S/C39H64FN5O8/c1-13-23(6)34(44(10)39(51)33(22(4)5)43-38(50)32(41-9)21(2)3)30(52-11)19-31(47)45-20-28(46)18-29(45)36(53-12)24(7)37(49)42-25(8)35(48)26-14-16-27(40)17-15-26/h14-17,21-25,28-30,32-34,36,41,46H,13,18-20H2,1-12H3,(H,42,49)(H,43,50)/t23?,24-,25+,28+,29+,30+,32+,33+,34+,36-/m1/s1. The van der Waals surface area contributed by atoms with Gasteiger partial charge in [0.1, 0.15) is 11.9 Å². The first-order valence-electron chi connectivity index (χ1n) is 18.7. The summed E-state index contributed by atoms with van der Waals surface area (Å²) in [5.74, 6) is -3.42. The Hall–Kier alpha value is -3.46. The number of hydrogen-bond acceptors (Lipinski definition) is 9. The van der Waals surface area contributed by atoms with Crippen molar-refractivity contribution in [2.24, 2.45) is 23.7 Å². The van der Waals surface area contributed by atoms with Crippen LogP contribution in [0, 0.1) is 29.5 Å². The molecule has 0 radical (unpaired) electrons. The number of nitrogens with zero attached hydrogens (tertiary/aromatic N) is 2. The number of rotatable bonds is 20. The molecule has 300 valence electrons. The summed E-state index contributed by atoms with van der Waals surface area (Å²) in [6.45, 7) is 14.7. The van der Waals surface area contributed by atoms with Crippen LogP contribution < -0.4 is 16.0 Å². The van der Waals surface area contributed by atoms with Gasteiger partial charge in [0.05, 0.1) is 54.8 Å². The van der Waals surface area contributed by atoms with Gasteiger partial charge in [-0.2, -0.15) is 0 Å². The Labute approximate surface area is 315 Å². The van der Waals surface area contributed by atoms with Gasteiger partial charge in [-0.3, -0.25) is 24.0 Å². The Bertz CT molecular complexity index is 1380. The highest BCUT2D eigenvalue weighted by Crippen LogP contribution is 2.30. The fraction of sp³-hybridized carbons (Fsp3) is 0.718. The van der Waals surface area contributed by atoms with Crippen LogP contribution in [-0.4, -0.2) is 128 Å². The quantitative estimate of drug-likeness (QED) is 0.147. The van der Waals surface area contributed by atoms with Gasteiger partial charge in [0, 0.05) is 33.4 Å². The molecule has 1 aromatic rings. The summed E-state index contributed by atoms with van der Waals surface area (Å²) in [6, 6.07) is 1.63. The number of Topliss-reactive ketones (excluding diaryl/α,β-unsaturated/α-hetero) is 1. The van der Waals surface area contributed by atoms with Crippen molar-refractivity contribution in [1.82, 2.24) is 25.8 Å². The third-order valence-corrected chi connectivity index (χ3v) is 10.7. The maximum absolute atomic E-state index is 14.1. The molecular weight excluding hydrogens is 685 g/mol. The number of halogens is 1. The van der Waals surface area contributed by atoms with Crippen LogP contribution in [0.15, 0.2) is 24.3 Å². The molecule has 14 heteroatoms. The Morgan fingerprint density at radius 3 is 2.00 bits per heavy atom. The van der Waals surface area contributed by atoms with E-state index in [-0.39, 0.29) is 60.4 Å². The number of carbonyl (C=O) groups excluding carboxylic acids is 5. The van der Waals surface area contributed by atoms with Crippen LogP contribution >= 0.6 is 0 Å². The van der Waals surface area contributed by atoms with Crippen molar-refractivity contribution >= 4 is 29.4 Å². The zero-order chi connectivity index (χ0) is 40.3. The molecule has 4 amide bonds. The van der Waals surface area contributed by atoms with Crippen molar-refractivity contribution in [2.75, 3.05) is 34.9 Å². The number of carbonyl (C=O) groups is 5. The minimum Gasteiger partial charge on any atom is -0.391 e. The number of β-amino-alcohol motifs (C(OH)–C–C–N with tert-alkyl or cyclic N) is 1. The number of ketones is 1. The molecule has 53 heavy (non-hydrogen) atoms. The predicted octanol–water partition coefficient (Wildman–Crippen LogP) is 2.79. The molecule has 4 N–H and O–H groups in total. The van der Waals surface area contributed by atoms with Gasteiger partial charge in [0.25, 0.3) is 0 Å². The molecule has 0 aliphatic carbocycles. The zero-order valence-corrected chi connectivity index (χ0v) is 33.6. The molecule has 1 saturated heterocycles.